The lowest BCUT2D eigenvalue weighted by atomic mass is 10.1. The molecule has 10 nitrogen and oxygen atoms in total. The first-order chi connectivity index (χ1) is 13.4. The summed E-state index contributed by atoms with van der Waals surface area (Å²) in [5, 5.41) is 8.62. The van der Waals surface area contributed by atoms with Gasteiger partial charge in [-0.1, -0.05) is 36.7 Å². The summed E-state index contributed by atoms with van der Waals surface area (Å²) in [6.45, 7) is 1.15. The molecule has 0 heterocycles. The lowest BCUT2D eigenvalue weighted by Gasteiger charge is -2.33. The number of primary amides is 1. The highest BCUT2D eigenvalue weighted by molar-refractivity contribution is 7.86. The Bertz CT molecular complexity index is 835. The van der Waals surface area contributed by atoms with Crippen LogP contribution in [0.25, 0.3) is 0 Å². The van der Waals surface area contributed by atoms with Gasteiger partial charge in [-0.25, -0.2) is 14.4 Å². The molecule has 4 N–H and O–H groups in total. The fraction of sp³-hybridized carbons (Fsp3) is 0.471. The standard InChI is InChI=1S/C17H24ClN3O7S/c1-3-17(18,28-29(2,26)27)11-20-21(13(16(24)25)9-10-14(19)22)15(23)12-7-5-4-6-8-12/h4-8,13,20H,3,9-11H2,1-2H3,(H2,19,22)(H,24,25)/t13-,17?/m0/s1. The Morgan fingerprint density at radius 3 is 2.34 bits per heavy atom. The van der Waals surface area contributed by atoms with Gasteiger partial charge in [0.15, 0.2) is 5.06 Å². The lowest BCUT2D eigenvalue weighted by molar-refractivity contribution is -0.144. The number of rotatable bonds is 12. The average Bonchev–Trinajstić information content (AvgIpc) is 2.62. The summed E-state index contributed by atoms with van der Waals surface area (Å²) in [6, 6.07) is 6.35. The molecule has 0 saturated heterocycles. The van der Waals surface area contributed by atoms with E-state index in [2.05, 4.69) is 5.43 Å². The first kappa shape index (κ1) is 24.8. The van der Waals surface area contributed by atoms with Crippen LogP contribution in [0.4, 0.5) is 0 Å². The fourth-order valence-electron chi connectivity index (χ4n) is 2.37. The lowest BCUT2D eigenvalue weighted by Crippen LogP contribution is -2.56. The average molecular weight is 450 g/mol. The maximum atomic E-state index is 12.9. The monoisotopic (exact) mass is 449 g/mol. The van der Waals surface area contributed by atoms with Crippen LogP contribution in [0.15, 0.2) is 30.3 Å². The maximum absolute atomic E-state index is 12.9. The van der Waals surface area contributed by atoms with E-state index in [0.717, 1.165) is 11.3 Å². The van der Waals surface area contributed by atoms with Gasteiger partial charge in [-0.3, -0.25) is 14.6 Å². The van der Waals surface area contributed by atoms with Crippen LogP contribution in [-0.2, 0) is 23.9 Å². The van der Waals surface area contributed by atoms with Gasteiger partial charge in [-0.05, 0) is 25.0 Å². The Balaban J connectivity index is 3.19. The zero-order valence-electron chi connectivity index (χ0n) is 16.0. The molecule has 0 spiro atoms. The van der Waals surface area contributed by atoms with Crippen molar-refractivity contribution in [2.75, 3.05) is 12.8 Å². The van der Waals surface area contributed by atoms with Crippen molar-refractivity contribution >= 4 is 39.5 Å². The van der Waals surface area contributed by atoms with E-state index in [1.807, 2.05) is 0 Å². The number of carboxylic acid groups (broad SMARTS) is 1. The Morgan fingerprint density at radius 2 is 1.90 bits per heavy atom. The molecule has 0 bridgehead atoms. The fourth-order valence-corrected chi connectivity index (χ4v) is 3.50. The molecule has 0 fully saturated rings. The highest BCUT2D eigenvalue weighted by Crippen LogP contribution is 2.23. The van der Waals surface area contributed by atoms with E-state index in [9.17, 15) is 27.9 Å². The highest BCUT2D eigenvalue weighted by atomic mass is 35.5. The number of hydrazine groups is 1. The number of carboxylic acids is 1. The van der Waals surface area contributed by atoms with Crippen molar-refractivity contribution in [3.05, 3.63) is 35.9 Å². The van der Waals surface area contributed by atoms with Crippen molar-refractivity contribution in [2.24, 2.45) is 5.73 Å². The molecule has 1 unspecified atom stereocenters. The third-order valence-corrected chi connectivity index (χ3v) is 5.03. The summed E-state index contributed by atoms with van der Waals surface area (Å²) in [7, 11) is -3.93. The molecule has 0 aromatic heterocycles. The molecule has 0 aliphatic heterocycles. The molecule has 2 atom stereocenters. The number of halogens is 1. The van der Waals surface area contributed by atoms with E-state index < -0.39 is 45.5 Å². The Labute approximate surface area is 174 Å². The van der Waals surface area contributed by atoms with Crippen LogP contribution >= 0.6 is 11.6 Å². The van der Waals surface area contributed by atoms with Crippen molar-refractivity contribution < 1.29 is 32.1 Å². The predicted molar refractivity (Wildman–Crippen MR) is 105 cm³/mol. The summed E-state index contributed by atoms with van der Waals surface area (Å²) < 4.78 is 27.8. The van der Waals surface area contributed by atoms with E-state index in [1.54, 1.807) is 25.1 Å². The van der Waals surface area contributed by atoms with Crippen molar-refractivity contribution in [1.82, 2.24) is 10.4 Å². The van der Waals surface area contributed by atoms with Gasteiger partial charge in [0.2, 0.25) is 5.91 Å². The summed E-state index contributed by atoms with van der Waals surface area (Å²) in [4.78, 5) is 35.8. The molecule has 12 heteroatoms. The van der Waals surface area contributed by atoms with Crippen molar-refractivity contribution in [3.63, 3.8) is 0 Å². The Kier molecular flexibility index (Phi) is 9.02. The van der Waals surface area contributed by atoms with Gasteiger partial charge in [-0.15, -0.1) is 0 Å². The van der Waals surface area contributed by atoms with E-state index in [0.29, 0.717) is 0 Å². The van der Waals surface area contributed by atoms with E-state index >= 15 is 0 Å². The number of carbonyl (C=O) groups is 3. The predicted octanol–water partition coefficient (Wildman–Crippen LogP) is 0.673. The summed E-state index contributed by atoms with van der Waals surface area (Å²) in [5.41, 5.74) is 7.84. The quantitative estimate of drug-likeness (QED) is 0.239. The van der Waals surface area contributed by atoms with Crippen LogP contribution in [0.1, 0.15) is 36.5 Å². The molecule has 0 radical (unpaired) electrons. The molecular formula is C17H24ClN3O7S. The summed E-state index contributed by atoms with van der Waals surface area (Å²) in [5.74, 6) is -2.83. The number of alkyl halides is 1. The molecule has 162 valence electrons. The van der Waals surface area contributed by atoms with Gasteiger partial charge in [-0.2, -0.15) is 8.42 Å². The first-order valence-corrected chi connectivity index (χ1v) is 10.8. The van der Waals surface area contributed by atoms with E-state index in [1.165, 1.54) is 12.1 Å². The van der Waals surface area contributed by atoms with Gasteiger partial charge in [0.1, 0.15) is 6.04 Å². The number of nitrogens with one attached hydrogen (secondary N) is 1. The molecule has 0 aliphatic carbocycles. The van der Waals surface area contributed by atoms with Crippen molar-refractivity contribution in [1.29, 1.82) is 0 Å². The minimum atomic E-state index is -3.93. The topological polar surface area (TPSA) is 156 Å². The summed E-state index contributed by atoms with van der Waals surface area (Å²) in [6.07, 6.45) is 0.308. The van der Waals surface area contributed by atoms with Crippen LogP contribution in [-0.4, -0.2) is 60.2 Å². The Hall–Kier alpha value is -2.21. The number of aliphatic carboxylic acids is 1. The van der Waals surface area contributed by atoms with Crippen LogP contribution in [0.3, 0.4) is 0 Å². The molecule has 1 aromatic carbocycles. The maximum Gasteiger partial charge on any atom is 0.328 e. The van der Waals surface area contributed by atoms with Gasteiger partial charge < -0.3 is 10.8 Å². The molecular weight excluding hydrogens is 426 g/mol. The first-order valence-electron chi connectivity index (χ1n) is 8.61. The van der Waals surface area contributed by atoms with Crippen molar-refractivity contribution in [3.8, 4) is 0 Å². The smallest absolute Gasteiger partial charge is 0.328 e. The zero-order chi connectivity index (χ0) is 22.2. The second kappa shape index (κ2) is 10.5. The third-order valence-electron chi connectivity index (χ3n) is 3.84. The molecule has 29 heavy (non-hydrogen) atoms. The second-order valence-electron chi connectivity index (χ2n) is 6.26. The molecule has 1 aromatic rings. The van der Waals surface area contributed by atoms with E-state index in [4.69, 9.17) is 21.5 Å². The van der Waals surface area contributed by atoms with Crippen molar-refractivity contribution in [2.45, 2.75) is 37.3 Å². The van der Waals surface area contributed by atoms with Crippen LogP contribution in [0, 0.1) is 0 Å². The van der Waals surface area contributed by atoms with Gasteiger partial charge in [0.05, 0.1) is 12.8 Å². The van der Waals surface area contributed by atoms with Gasteiger partial charge in [0.25, 0.3) is 16.0 Å². The molecule has 0 saturated carbocycles. The number of nitrogens with two attached hydrogens (primary N) is 1. The van der Waals surface area contributed by atoms with Gasteiger partial charge in [0, 0.05) is 12.0 Å². The van der Waals surface area contributed by atoms with Gasteiger partial charge >= 0.3 is 5.97 Å². The molecule has 1 rings (SSSR count). The van der Waals surface area contributed by atoms with Crippen LogP contribution in [0.5, 0.6) is 0 Å². The third kappa shape index (κ3) is 8.36. The zero-order valence-corrected chi connectivity index (χ0v) is 17.6. The minimum absolute atomic E-state index is 0.0288. The normalized spacial score (nSPS) is 14.6. The number of hydrogen-bond donors (Lipinski definition) is 3. The number of carbonyl (C=O) groups excluding carboxylic acids is 2. The largest absolute Gasteiger partial charge is 0.480 e. The minimum Gasteiger partial charge on any atom is -0.480 e. The SMILES string of the molecule is CCC(Cl)(CNN(C(=O)c1ccccc1)[C@@H](CCC(N)=O)C(=O)O)OS(C)(=O)=O. The number of amides is 2. The number of benzene rings is 1. The number of hydrogen-bond acceptors (Lipinski definition) is 7. The van der Waals surface area contributed by atoms with Crippen LogP contribution < -0.4 is 11.2 Å². The second-order valence-corrected chi connectivity index (χ2v) is 8.52. The highest BCUT2D eigenvalue weighted by Gasteiger charge is 2.36. The number of nitrogens with zero attached hydrogens (tertiary/aromatic N) is 1. The Morgan fingerprint density at radius 1 is 1.31 bits per heavy atom. The molecule has 0 aliphatic rings. The molecule has 2 amide bonds. The summed E-state index contributed by atoms with van der Waals surface area (Å²) >= 11 is 6.19. The van der Waals surface area contributed by atoms with E-state index in [-0.39, 0.29) is 24.8 Å². The van der Waals surface area contributed by atoms with Crippen LogP contribution in [0.2, 0.25) is 0 Å².